The third-order valence-corrected chi connectivity index (χ3v) is 3.13. The number of hydrogen-bond donors (Lipinski definition) is 1. The molecule has 0 aliphatic rings. The summed E-state index contributed by atoms with van der Waals surface area (Å²) < 4.78 is 4.64. The lowest BCUT2D eigenvalue weighted by Gasteiger charge is -2.05. The van der Waals surface area contributed by atoms with Gasteiger partial charge in [-0.05, 0) is 12.1 Å². The van der Waals surface area contributed by atoms with Crippen molar-refractivity contribution in [1.29, 1.82) is 0 Å². The van der Waals surface area contributed by atoms with Gasteiger partial charge in [0.25, 0.3) is 0 Å². The summed E-state index contributed by atoms with van der Waals surface area (Å²) in [4.78, 5) is 22.9. The normalized spacial score (nSPS) is 9.75. The van der Waals surface area contributed by atoms with Crippen molar-refractivity contribution >= 4 is 52.4 Å². The number of amides is 1. The average Bonchev–Trinajstić information content (AvgIpc) is 2.43. The van der Waals surface area contributed by atoms with Gasteiger partial charge in [-0.1, -0.05) is 53.0 Å². The maximum Gasteiger partial charge on any atom is 0.306 e. The lowest BCUT2D eigenvalue weighted by molar-refractivity contribution is -0.143. The molecule has 0 radical (unpaired) electrons. The number of hydrogen-bond acceptors (Lipinski definition) is 3. The number of anilines is 1. The molecule has 1 aromatic rings. The number of ether oxygens (including phenoxy) is 1. The van der Waals surface area contributed by atoms with Crippen molar-refractivity contribution in [3.63, 3.8) is 0 Å². The predicted octanol–water partition coefficient (Wildman–Crippen LogP) is 3.83. The van der Waals surface area contributed by atoms with Gasteiger partial charge in [-0.25, -0.2) is 0 Å². The molecule has 1 amide bonds. The SMILES string of the molecule is O=C(CCC(=O)OCC(Cl)=C(Cl)Cl)Nc1ccccc1. The molecule has 1 aromatic carbocycles. The van der Waals surface area contributed by atoms with Gasteiger partial charge >= 0.3 is 5.97 Å². The van der Waals surface area contributed by atoms with Gasteiger partial charge in [0.1, 0.15) is 11.1 Å². The Morgan fingerprint density at radius 1 is 1.05 bits per heavy atom. The van der Waals surface area contributed by atoms with Gasteiger partial charge in [-0.3, -0.25) is 9.59 Å². The van der Waals surface area contributed by atoms with Crippen LogP contribution in [0.4, 0.5) is 5.69 Å². The molecular weight excluding hydrogens is 325 g/mol. The highest BCUT2D eigenvalue weighted by Gasteiger charge is 2.09. The standard InChI is InChI=1S/C13H12Cl3NO3/c14-10(13(15)16)8-20-12(19)7-6-11(18)17-9-4-2-1-3-5-9/h1-5H,6-8H2,(H,17,18). The van der Waals surface area contributed by atoms with E-state index in [1.807, 2.05) is 6.07 Å². The van der Waals surface area contributed by atoms with Crippen molar-refractivity contribution in [1.82, 2.24) is 0 Å². The molecule has 0 aliphatic heterocycles. The van der Waals surface area contributed by atoms with Crippen molar-refractivity contribution in [3.8, 4) is 0 Å². The zero-order valence-electron chi connectivity index (χ0n) is 10.4. The molecule has 108 valence electrons. The van der Waals surface area contributed by atoms with Crippen LogP contribution in [-0.2, 0) is 14.3 Å². The molecule has 1 N–H and O–H groups in total. The summed E-state index contributed by atoms with van der Waals surface area (Å²) >= 11 is 16.4. The van der Waals surface area contributed by atoms with Gasteiger partial charge in [0.05, 0.1) is 11.5 Å². The molecule has 0 heterocycles. The molecule has 0 aromatic heterocycles. The molecule has 4 nitrogen and oxygen atoms in total. The van der Waals surface area contributed by atoms with E-state index in [4.69, 9.17) is 39.5 Å². The third kappa shape index (κ3) is 6.80. The van der Waals surface area contributed by atoms with Gasteiger partial charge in [-0.15, -0.1) is 0 Å². The Bertz CT molecular complexity index is 499. The lowest BCUT2D eigenvalue weighted by Crippen LogP contribution is -2.14. The van der Waals surface area contributed by atoms with E-state index in [1.165, 1.54) is 0 Å². The predicted molar refractivity (Wildman–Crippen MR) is 79.8 cm³/mol. The highest BCUT2D eigenvalue weighted by Crippen LogP contribution is 2.17. The van der Waals surface area contributed by atoms with Crippen LogP contribution in [0.1, 0.15) is 12.8 Å². The Hall–Kier alpha value is -1.23. The Morgan fingerprint density at radius 3 is 2.30 bits per heavy atom. The van der Waals surface area contributed by atoms with Crippen LogP contribution in [0.5, 0.6) is 0 Å². The van der Waals surface area contributed by atoms with E-state index in [0.29, 0.717) is 5.69 Å². The van der Waals surface area contributed by atoms with Crippen LogP contribution in [0.25, 0.3) is 0 Å². The molecule has 0 atom stereocenters. The Morgan fingerprint density at radius 2 is 1.70 bits per heavy atom. The Kier molecular flexibility index (Phi) is 7.44. The second kappa shape index (κ2) is 8.84. The zero-order valence-corrected chi connectivity index (χ0v) is 12.6. The quantitative estimate of drug-likeness (QED) is 0.803. The number of para-hydroxylation sites is 1. The first-order valence-corrected chi connectivity index (χ1v) is 6.82. The highest BCUT2D eigenvalue weighted by atomic mass is 35.5. The van der Waals surface area contributed by atoms with Crippen molar-refractivity contribution in [3.05, 3.63) is 39.9 Å². The van der Waals surface area contributed by atoms with Crippen molar-refractivity contribution in [2.24, 2.45) is 0 Å². The van der Waals surface area contributed by atoms with Crippen molar-refractivity contribution in [2.45, 2.75) is 12.8 Å². The van der Waals surface area contributed by atoms with E-state index < -0.39 is 5.97 Å². The van der Waals surface area contributed by atoms with Crippen molar-refractivity contribution < 1.29 is 14.3 Å². The van der Waals surface area contributed by atoms with E-state index in [0.717, 1.165) is 0 Å². The summed E-state index contributed by atoms with van der Waals surface area (Å²) in [5.74, 6) is -0.828. The fraction of sp³-hybridized carbons (Fsp3) is 0.231. The topological polar surface area (TPSA) is 55.4 Å². The van der Waals surface area contributed by atoms with Crippen LogP contribution in [0.2, 0.25) is 0 Å². The van der Waals surface area contributed by atoms with E-state index in [-0.39, 0.29) is 34.9 Å². The van der Waals surface area contributed by atoms with Crippen LogP contribution in [0.15, 0.2) is 39.9 Å². The largest absolute Gasteiger partial charge is 0.460 e. The van der Waals surface area contributed by atoms with E-state index in [1.54, 1.807) is 24.3 Å². The molecule has 0 saturated heterocycles. The van der Waals surface area contributed by atoms with Crippen LogP contribution >= 0.6 is 34.8 Å². The summed E-state index contributed by atoms with van der Waals surface area (Å²) in [6, 6.07) is 8.95. The van der Waals surface area contributed by atoms with E-state index in [9.17, 15) is 9.59 Å². The first-order valence-electron chi connectivity index (χ1n) is 5.69. The van der Waals surface area contributed by atoms with Gasteiger partial charge < -0.3 is 10.1 Å². The minimum Gasteiger partial charge on any atom is -0.460 e. The second-order valence-corrected chi connectivity index (χ2v) is 5.15. The molecule has 7 heteroatoms. The zero-order chi connectivity index (χ0) is 15.0. The summed E-state index contributed by atoms with van der Waals surface area (Å²) in [6.45, 7) is -0.205. The first kappa shape index (κ1) is 16.8. The molecule has 0 bridgehead atoms. The second-order valence-electron chi connectivity index (χ2n) is 3.74. The van der Waals surface area contributed by atoms with Gasteiger partial charge in [0.15, 0.2) is 0 Å². The minimum atomic E-state index is -0.555. The third-order valence-electron chi connectivity index (χ3n) is 2.18. The smallest absolute Gasteiger partial charge is 0.306 e. The average molecular weight is 337 g/mol. The number of halogens is 3. The Labute approximate surface area is 131 Å². The fourth-order valence-corrected chi connectivity index (χ4v) is 1.39. The van der Waals surface area contributed by atoms with Crippen molar-refractivity contribution in [2.75, 3.05) is 11.9 Å². The lowest BCUT2D eigenvalue weighted by atomic mass is 10.2. The number of esters is 1. The number of nitrogens with one attached hydrogen (secondary N) is 1. The number of rotatable bonds is 6. The Balaban J connectivity index is 2.27. The van der Waals surface area contributed by atoms with Crippen LogP contribution in [0, 0.1) is 0 Å². The summed E-state index contributed by atoms with van der Waals surface area (Å²) in [6.07, 6.45) is -0.0353. The number of benzene rings is 1. The first-order chi connectivity index (χ1) is 9.49. The van der Waals surface area contributed by atoms with Gasteiger partial charge in [0, 0.05) is 12.1 Å². The maximum absolute atomic E-state index is 11.6. The fourth-order valence-electron chi connectivity index (χ4n) is 1.23. The molecule has 0 spiro atoms. The van der Waals surface area contributed by atoms with Gasteiger partial charge in [0.2, 0.25) is 5.91 Å². The highest BCUT2D eigenvalue weighted by molar-refractivity contribution is 6.59. The molecular formula is C13H12Cl3NO3. The van der Waals surface area contributed by atoms with Crippen LogP contribution < -0.4 is 5.32 Å². The molecule has 0 aliphatic carbocycles. The monoisotopic (exact) mass is 335 g/mol. The van der Waals surface area contributed by atoms with E-state index in [2.05, 4.69) is 5.32 Å². The van der Waals surface area contributed by atoms with Gasteiger partial charge in [-0.2, -0.15) is 0 Å². The summed E-state index contributed by atoms with van der Waals surface area (Å²) in [7, 11) is 0. The van der Waals surface area contributed by atoms with Crippen LogP contribution in [-0.4, -0.2) is 18.5 Å². The number of carbonyl (C=O) groups is 2. The summed E-state index contributed by atoms with van der Waals surface area (Å²) in [5, 5.41) is 2.69. The minimum absolute atomic E-state index is 0.0175. The molecule has 1 rings (SSSR count). The molecule has 0 saturated carbocycles. The molecule has 20 heavy (non-hydrogen) atoms. The van der Waals surface area contributed by atoms with Crippen LogP contribution in [0.3, 0.4) is 0 Å². The number of carbonyl (C=O) groups excluding carboxylic acids is 2. The molecule has 0 unspecified atom stereocenters. The van der Waals surface area contributed by atoms with E-state index >= 15 is 0 Å². The summed E-state index contributed by atoms with van der Waals surface area (Å²) in [5.41, 5.74) is 0.672. The molecule has 0 fully saturated rings. The maximum atomic E-state index is 11.6.